The third kappa shape index (κ3) is 2.85. The molecule has 2 heterocycles. The van der Waals surface area contributed by atoms with Crippen LogP contribution in [0.15, 0.2) is 42.5 Å². The smallest absolute Gasteiger partial charge is 0.259 e. The van der Waals surface area contributed by atoms with E-state index in [4.69, 9.17) is 21.7 Å². The summed E-state index contributed by atoms with van der Waals surface area (Å²) in [6.07, 6.45) is 0. The van der Waals surface area contributed by atoms with E-state index in [0.717, 1.165) is 31.3 Å². The van der Waals surface area contributed by atoms with Crippen molar-refractivity contribution >= 4 is 44.5 Å². The van der Waals surface area contributed by atoms with Crippen molar-refractivity contribution in [1.82, 2.24) is 0 Å². The zero-order chi connectivity index (χ0) is 20.1. The van der Waals surface area contributed by atoms with Crippen LogP contribution < -0.4 is 14.4 Å². The molecule has 0 N–H and O–H groups in total. The topological polar surface area (TPSA) is 38.8 Å². The lowest BCUT2D eigenvalue weighted by Gasteiger charge is -2.43. The fourth-order valence-corrected chi connectivity index (χ4v) is 6.87. The Balaban J connectivity index is 1.95. The second kappa shape index (κ2) is 6.99. The highest BCUT2D eigenvalue weighted by atomic mass is 32.9. The lowest BCUT2D eigenvalue weighted by Crippen LogP contribution is -2.47. The molecule has 144 valence electrons. The molecule has 7 heteroatoms. The number of rotatable bonds is 3. The zero-order valence-electron chi connectivity index (χ0n) is 15.9. The highest BCUT2D eigenvalue weighted by Gasteiger charge is 2.43. The van der Waals surface area contributed by atoms with Crippen LogP contribution in [0.1, 0.15) is 29.1 Å². The number of hydrogen-bond acceptors (Lipinski definition) is 6. The minimum absolute atomic E-state index is 0.0784. The van der Waals surface area contributed by atoms with Gasteiger partial charge in [0.15, 0.2) is 0 Å². The van der Waals surface area contributed by atoms with Crippen molar-refractivity contribution in [3.05, 3.63) is 56.7 Å². The first-order valence-corrected chi connectivity index (χ1v) is 11.2. The van der Waals surface area contributed by atoms with E-state index >= 15 is 0 Å². The van der Waals surface area contributed by atoms with Crippen LogP contribution >= 0.6 is 32.9 Å². The Hall–Kier alpha value is -2.22. The average molecular weight is 430 g/mol. The highest BCUT2D eigenvalue weighted by Crippen LogP contribution is 2.53. The number of benzene rings is 2. The number of carbonyl (C=O) groups excluding carboxylic acids is 1. The molecule has 0 unspecified atom stereocenters. The maximum absolute atomic E-state index is 13.6. The van der Waals surface area contributed by atoms with Gasteiger partial charge in [0.2, 0.25) is 0 Å². The number of methoxy groups -OCH3 is 2. The molecule has 0 saturated heterocycles. The van der Waals surface area contributed by atoms with Crippen molar-refractivity contribution in [3.63, 3.8) is 0 Å². The van der Waals surface area contributed by atoms with Crippen molar-refractivity contribution in [2.24, 2.45) is 0 Å². The molecule has 2 aromatic carbocycles. The number of nitrogens with zero attached hydrogens (tertiary/aromatic N) is 1. The third-order valence-electron chi connectivity index (χ3n) is 4.98. The van der Waals surface area contributed by atoms with Crippen molar-refractivity contribution in [2.45, 2.75) is 19.4 Å². The number of anilines is 1. The second-order valence-electron chi connectivity index (χ2n) is 6.97. The molecule has 1 aromatic heterocycles. The van der Waals surface area contributed by atoms with Gasteiger partial charge in [-0.25, -0.2) is 0 Å². The molecule has 1 aliphatic heterocycles. The highest BCUT2D eigenvalue weighted by molar-refractivity contribution is 7.80. The Morgan fingerprint density at radius 2 is 1.75 bits per heavy atom. The van der Waals surface area contributed by atoms with Crippen LogP contribution in [0.3, 0.4) is 0 Å². The van der Waals surface area contributed by atoms with Gasteiger partial charge in [0.25, 0.3) is 5.91 Å². The van der Waals surface area contributed by atoms with Gasteiger partial charge < -0.3 is 9.47 Å². The molecular formula is C21H19NO3S3. The summed E-state index contributed by atoms with van der Waals surface area (Å²) < 4.78 is 11.6. The summed E-state index contributed by atoms with van der Waals surface area (Å²) >= 11 is 5.63. The molecule has 28 heavy (non-hydrogen) atoms. The normalized spacial score (nSPS) is 14.2. The molecule has 4 rings (SSSR count). The first kappa shape index (κ1) is 19.1. The van der Waals surface area contributed by atoms with Gasteiger partial charge in [-0.15, -0.1) is 0 Å². The molecular weight excluding hydrogens is 410 g/mol. The van der Waals surface area contributed by atoms with Crippen molar-refractivity contribution in [3.8, 4) is 22.6 Å². The Kier molecular flexibility index (Phi) is 4.77. The van der Waals surface area contributed by atoms with Crippen LogP contribution in [0.4, 0.5) is 5.69 Å². The third-order valence-corrected chi connectivity index (χ3v) is 8.31. The van der Waals surface area contributed by atoms with Crippen molar-refractivity contribution < 1.29 is 14.3 Å². The van der Waals surface area contributed by atoms with Crippen LogP contribution in [0.25, 0.3) is 11.1 Å². The van der Waals surface area contributed by atoms with E-state index in [0.29, 0.717) is 11.3 Å². The summed E-state index contributed by atoms with van der Waals surface area (Å²) in [7, 11) is 6.45. The molecule has 0 radical (unpaired) electrons. The van der Waals surface area contributed by atoms with Crippen LogP contribution in [-0.2, 0) is 5.54 Å². The predicted octanol–water partition coefficient (Wildman–Crippen LogP) is 6.12. The molecule has 0 bridgehead atoms. The summed E-state index contributed by atoms with van der Waals surface area (Å²) in [5.41, 5.74) is 2.86. The first-order chi connectivity index (χ1) is 13.4. The number of ether oxygens (including phenoxy) is 2. The summed E-state index contributed by atoms with van der Waals surface area (Å²) in [6, 6.07) is 13.0. The molecule has 1 aliphatic rings. The van der Waals surface area contributed by atoms with E-state index in [-0.39, 0.29) is 5.91 Å². The zero-order valence-corrected chi connectivity index (χ0v) is 18.4. The second-order valence-corrected chi connectivity index (χ2v) is 9.79. The fraction of sp³-hybridized carbons (Fsp3) is 0.238. The van der Waals surface area contributed by atoms with E-state index < -0.39 is 5.54 Å². The number of amides is 1. The van der Waals surface area contributed by atoms with Gasteiger partial charge in [-0.3, -0.25) is 9.69 Å². The largest absolute Gasteiger partial charge is 0.497 e. The molecule has 0 saturated carbocycles. The molecule has 4 nitrogen and oxygen atoms in total. The Morgan fingerprint density at radius 3 is 2.46 bits per heavy atom. The van der Waals surface area contributed by atoms with Gasteiger partial charge >= 0.3 is 0 Å². The number of carbonyl (C=O) groups is 1. The van der Waals surface area contributed by atoms with Crippen LogP contribution in [-0.4, -0.2) is 20.1 Å². The summed E-state index contributed by atoms with van der Waals surface area (Å²) in [4.78, 5) is 16.6. The van der Waals surface area contributed by atoms with Crippen molar-refractivity contribution in [2.75, 3.05) is 19.1 Å². The average Bonchev–Trinajstić information content (AvgIpc) is 3.10. The standard InChI is InChI=1S/C21H19NO3S3/c1-21(2)18-17(20(26)28-27-18)15-11-14(25-4)8-9-16(15)22(21)19(23)12-6-5-7-13(10-12)24-3/h5-11H,1-4H3. The van der Waals surface area contributed by atoms with E-state index in [1.165, 1.54) is 0 Å². The summed E-state index contributed by atoms with van der Waals surface area (Å²) in [5.74, 6) is 1.32. The maximum Gasteiger partial charge on any atom is 0.259 e. The fourth-order valence-electron chi connectivity index (χ4n) is 3.58. The van der Waals surface area contributed by atoms with Gasteiger partial charge in [0.1, 0.15) is 15.3 Å². The Morgan fingerprint density at radius 1 is 1.04 bits per heavy atom. The lowest BCUT2D eigenvalue weighted by molar-refractivity contribution is 0.0961. The quantitative estimate of drug-likeness (QED) is 0.371. The van der Waals surface area contributed by atoms with Gasteiger partial charge in [-0.05, 0) is 50.2 Å². The van der Waals surface area contributed by atoms with Crippen molar-refractivity contribution in [1.29, 1.82) is 0 Å². The minimum atomic E-state index is -0.532. The summed E-state index contributed by atoms with van der Waals surface area (Å²) in [5, 5.41) is 0. The molecule has 0 spiro atoms. The predicted molar refractivity (Wildman–Crippen MR) is 118 cm³/mol. The molecule has 3 aromatic rings. The van der Waals surface area contributed by atoms with E-state index in [9.17, 15) is 4.79 Å². The van der Waals surface area contributed by atoms with Crippen LogP contribution in [0.2, 0.25) is 0 Å². The van der Waals surface area contributed by atoms with Gasteiger partial charge in [-0.1, -0.05) is 39.0 Å². The van der Waals surface area contributed by atoms with Gasteiger partial charge in [0.05, 0.1) is 30.3 Å². The van der Waals surface area contributed by atoms with E-state index in [1.807, 2.05) is 41.3 Å². The molecule has 0 aliphatic carbocycles. The Bertz CT molecular complexity index is 1130. The molecule has 0 atom stereocenters. The van der Waals surface area contributed by atoms with Gasteiger partial charge in [-0.2, -0.15) is 0 Å². The monoisotopic (exact) mass is 429 g/mol. The minimum Gasteiger partial charge on any atom is -0.497 e. The summed E-state index contributed by atoms with van der Waals surface area (Å²) in [6.45, 7) is 4.13. The first-order valence-electron chi connectivity index (χ1n) is 8.69. The lowest BCUT2D eigenvalue weighted by atomic mass is 9.86. The Labute approximate surface area is 176 Å². The SMILES string of the molecule is COc1cccc(C(=O)N2c3ccc(OC)cc3-c3c(ssc3=S)C2(C)C)c1. The van der Waals surface area contributed by atoms with E-state index in [1.54, 1.807) is 41.0 Å². The number of fused-ring (bicyclic) bond motifs is 3. The van der Waals surface area contributed by atoms with Crippen LogP contribution in [0.5, 0.6) is 11.5 Å². The molecule has 1 amide bonds. The maximum atomic E-state index is 13.6. The number of hydrogen-bond donors (Lipinski definition) is 0. The van der Waals surface area contributed by atoms with Gasteiger partial charge in [0, 0.05) is 16.7 Å². The van der Waals surface area contributed by atoms with E-state index in [2.05, 4.69) is 13.8 Å². The molecule has 0 fully saturated rings. The van der Waals surface area contributed by atoms with Crippen LogP contribution in [0, 0.1) is 3.82 Å².